The van der Waals surface area contributed by atoms with Crippen molar-refractivity contribution in [2.45, 2.75) is 181 Å². The molecule has 262 valence electrons. The molecular weight excluding hydrogens is 617 g/mol. The summed E-state index contributed by atoms with van der Waals surface area (Å²) in [6.45, 7) is 4.61. The topological polar surface area (TPSA) is 0 Å². The molecule has 0 aliphatic rings. The summed E-state index contributed by atoms with van der Waals surface area (Å²) < 4.78 is 2.98. The van der Waals surface area contributed by atoms with Crippen LogP contribution in [0, 0.1) is 0 Å². The summed E-state index contributed by atoms with van der Waals surface area (Å²) in [6, 6.07) is 19.4. The molecule has 0 N–H and O–H groups in total. The van der Waals surface area contributed by atoms with Gasteiger partial charge in [0.1, 0.15) is 0 Å². The van der Waals surface area contributed by atoms with Gasteiger partial charge < -0.3 is 0 Å². The molecule has 0 fully saturated rings. The van der Waals surface area contributed by atoms with Gasteiger partial charge >= 0.3 is 0 Å². The number of aryl methyl sites for hydroxylation is 2. The normalized spacial score (nSPS) is 12.0. The zero-order chi connectivity index (χ0) is 33.2. The molecule has 0 aliphatic heterocycles. The molecule has 0 atom stereocenters. The Bertz CT molecular complexity index is 1500. The molecule has 3 aromatic carbocycles. The molecule has 0 spiro atoms. The average molecular weight is 683 g/mol. The first-order valence-corrected chi connectivity index (χ1v) is 22.2. The third-order valence-electron chi connectivity index (χ3n) is 10.8. The molecule has 0 unspecified atom stereocenters. The molecule has 0 amide bonds. The van der Waals surface area contributed by atoms with Crippen LogP contribution in [0.1, 0.15) is 178 Å². The Hall–Kier alpha value is -1.90. The van der Waals surface area contributed by atoms with Crippen LogP contribution in [0.5, 0.6) is 0 Å². The lowest BCUT2D eigenvalue weighted by molar-refractivity contribution is 0.544. The molecule has 48 heavy (non-hydrogen) atoms. The van der Waals surface area contributed by atoms with E-state index in [1.165, 1.54) is 209 Å². The monoisotopic (exact) mass is 682 g/mol. The summed E-state index contributed by atoms with van der Waals surface area (Å²) in [7, 11) is 0. The fourth-order valence-corrected chi connectivity index (χ4v) is 10.3. The van der Waals surface area contributed by atoms with Gasteiger partial charge in [-0.3, -0.25) is 0 Å². The van der Waals surface area contributed by atoms with Crippen molar-refractivity contribution >= 4 is 64.4 Å². The molecule has 0 radical (unpaired) electrons. The van der Waals surface area contributed by atoms with Crippen LogP contribution < -0.4 is 0 Å². The van der Waals surface area contributed by atoms with Crippen LogP contribution in [0.4, 0.5) is 0 Å². The highest BCUT2D eigenvalue weighted by molar-refractivity contribution is 7.20. The second kappa shape index (κ2) is 21.3. The highest BCUT2D eigenvalue weighted by Gasteiger charge is 2.12. The first-order valence-electron chi connectivity index (χ1n) is 20.6. The van der Waals surface area contributed by atoms with Gasteiger partial charge in [-0.1, -0.05) is 192 Å². The maximum atomic E-state index is 2.48. The SMILES string of the molecule is CCCCCCCCCCCCCCc1cc2ccc3c4ccc5cc(CCCCCCCCCCCCCC)sc5c4ccc3c2s1. The van der Waals surface area contributed by atoms with Gasteiger partial charge in [0.15, 0.2) is 0 Å². The average Bonchev–Trinajstić information content (AvgIpc) is 3.73. The summed E-state index contributed by atoms with van der Waals surface area (Å²) in [5.74, 6) is 0. The Balaban J connectivity index is 1.07. The molecule has 0 saturated heterocycles. The first kappa shape index (κ1) is 37.4. The molecule has 5 aromatic rings. The minimum atomic E-state index is 1.24. The largest absolute Gasteiger partial charge is 0.140 e. The third kappa shape index (κ3) is 11.3. The maximum absolute atomic E-state index is 2.48. The van der Waals surface area contributed by atoms with Gasteiger partial charge in [0, 0.05) is 29.9 Å². The quantitative estimate of drug-likeness (QED) is 0.0402. The number of benzene rings is 3. The second-order valence-electron chi connectivity index (χ2n) is 14.9. The van der Waals surface area contributed by atoms with E-state index in [1.807, 2.05) is 0 Å². The summed E-state index contributed by atoms with van der Waals surface area (Å²) in [5, 5.41) is 8.61. The minimum Gasteiger partial charge on any atom is -0.140 e. The van der Waals surface area contributed by atoms with Crippen LogP contribution in [0.3, 0.4) is 0 Å². The minimum absolute atomic E-state index is 1.24. The Morgan fingerprint density at radius 3 is 0.958 bits per heavy atom. The highest BCUT2D eigenvalue weighted by Crippen LogP contribution is 2.40. The summed E-state index contributed by atoms with van der Waals surface area (Å²) in [5.41, 5.74) is 0. The van der Waals surface area contributed by atoms with E-state index in [2.05, 4.69) is 85.1 Å². The van der Waals surface area contributed by atoms with E-state index in [-0.39, 0.29) is 0 Å². The fraction of sp³-hybridized carbons (Fsp3) is 0.609. The number of fused-ring (bicyclic) bond motifs is 7. The van der Waals surface area contributed by atoms with E-state index in [0.29, 0.717) is 0 Å². The summed E-state index contributed by atoms with van der Waals surface area (Å²) in [4.78, 5) is 3.14. The highest BCUT2D eigenvalue weighted by atomic mass is 32.1. The van der Waals surface area contributed by atoms with Crippen molar-refractivity contribution in [3.05, 3.63) is 58.3 Å². The van der Waals surface area contributed by atoms with Crippen LogP contribution in [0.15, 0.2) is 48.5 Å². The lowest BCUT2D eigenvalue weighted by atomic mass is 9.99. The Morgan fingerprint density at radius 1 is 0.333 bits per heavy atom. The van der Waals surface area contributed by atoms with Crippen molar-refractivity contribution in [1.29, 1.82) is 0 Å². The molecule has 2 heterocycles. The van der Waals surface area contributed by atoms with Crippen molar-refractivity contribution in [1.82, 2.24) is 0 Å². The molecule has 0 nitrogen and oxygen atoms in total. The predicted molar refractivity (Wildman–Crippen MR) is 222 cm³/mol. The summed E-state index contributed by atoms with van der Waals surface area (Å²) in [6.07, 6.45) is 36.5. The van der Waals surface area contributed by atoms with Gasteiger partial charge in [0.2, 0.25) is 0 Å². The Morgan fingerprint density at radius 2 is 0.625 bits per heavy atom. The van der Waals surface area contributed by atoms with E-state index in [0.717, 1.165) is 0 Å². The number of thiophene rings is 2. The Labute approximate surface area is 302 Å². The van der Waals surface area contributed by atoms with Crippen molar-refractivity contribution < 1.29 is 0 Å². The van der Waals surface area contributed by atoms with E-state index in [9.17, 15) is 0 Å². The Kier molecular flexibility index (Phi) is 16.6. The fourth-order valence-electron chi connectivity index (χ4n) is 7.85. The maximum Gasteiger partial charge on any atom is 0.0424 e. The number of hydrogen-bond acceptors (Lipinski definition) is 2. The van der Waals surface area contributed by atoms with Crippen molar-refractivity contribution in [2.75, 3.05) is 0 Å². The second-order valence-corrected chi connectivity index (χ2v) is 17.2. The molecule has 2 heteroatoms. The van der Waals surface area contributed by atoms with E-state index in [4.69, 9.17) is 0 Å². The van der Waals surface area contributed by atoms with Crippen LogP contribution in [-0.4, -0.2) is 0 Å². The van der Waals surface area contributed by atoms with E-state index < -0.39 is 0 Å². The van der Waals surface area contributed by atoms with Crippen molar-refractivity contribution in [3.8, 4) is 0 Å². The molecule has 0 bridgehead atoms. The van der Waals surface area contributed by atoms with Crippen molar-refractivity contribution in [2.24, 2.45) is 0 Å². The van der Waals surface area contributed by atoms with Gasteiger partial charge in [-0.25, -0.2) is 0 Å². The molecule has 2 aromatic heterocycles. The summed E-state index contributed by atoms with van der Waals surface area (Å²) >= 11 is 4.10. The van der Waals surface area contributed by atoms with E-state index >= 15 is 0 Å². The van der Waals surface area contributed by atoms with Gasteiger partial charge in [-0.15, -0.1) is 22.7 Å². The zero-order valence-electron chi connectivity index (χ0n) is 30.8. The van der Waals surface area contributed by atoms with Crippen LogP contribution in [-0.2, 0) is 12.8 Å². The number of unbranched alkanes of at least 4 members (excludes halogenated alkanes) is 22. The smallest absolute Gasteiger partial charge is 0.0424 e. The van der Waals surface area contributed by atoms with Crippen LogP contribution in [0.25, 0.3) is 41.7 Å². The molecule has 0 aliphatic carbocycles. The number of hydrogen-bond donors (Lipinski definition) is 0. The van der Waals surface area contributed by atoms with Gasteiger partial charge in [-0.05, 0) is 59.4 Å². The van der Waals surface area contributed by atoms with Crippen molar-refractivity contribution in [3.63, 3.8) is 0 Å². The molecular formula is C46H66S2. The standard InChI is InChI=1S/C46H66S2/c1-3-5-7-9-11-13-15-17-19-21-23-25-27-39-35-37-29-31-41-42-32-30-38-36-40(48-46(38)44(42)34-33-43(41)45(37)47-39)28-26-24-22-20-18-16-14-12-10-8-6-4-2/h29-36H,3-28H2,1-2H3. The zero-order valence-corrected chi connectivity index (χ0v) is 32.5. The predicted octanol–water partition coefficient (Wildman–Crippen LogP) is 16.9. The lowest BCUT2D eigenvalue weighted by Gasteiger charge is -2.06. The van der Waals surface area contributed by atoms with Crippen LogP contribution >= 0.6 is 22.7 Å². The van der Waals surface area contributed by atoms with Crippen LogP contribution in [0.2, 0.25) is 0 Å². The first-order chi connectivity index (χ1) is 23.8. The van der Waals surface area contributed by atoms with Gasteiger partial charge in [0.25, 0.3) is 0 Å². The third-order valence-corrected chi connectivity index (χ3v) is 13.3. The van der Waals surface area contributed by atoms with Gasteiger partial charge in [0.05, 0.1) is 0 Å². The van der Waals surface area contributed by atoms with E-state index in [1.54, 1.807) is 9.75 Å². The molecule has 5 rings (SSSR count). The van der Waals surface area contributed by atoms with Gasteiger partial charge in [-0.2, -0.15) is 0 Å². The molecule has 0 saturated carbocycles. The lowest BCUT2D eigenvalue weighted by Crippen LogP contribution is -1.84. The number of rotatable bonds is 26.